The fourth-order valence-corrected chi connectivity index (χ4v) is 3.80. The number of benzene rings is 2. The highest BCUT2D eigenvalue weighted by Crippen LogP contribution is 2.41. The van der Waals surface area contributed by atoms with Crippen molar-refractivity contribution >= 4 is 17.8 Å². The third kappa shape index (κ3) is 5.66. The Labute approximate surface area is 200 Å². The summed E-state index contributed by atoms with van der Waals surface area (Å²) in [6, 6.07) is 13.9. The number of rotatable bonds is 12. The van der Waals surface area contributed by atoms with Crippen molar-refractivity contribution < 1.29 is 28.9 Å². The van der Waals surface area contributed by atoms with E-state index in [0.717, 1.165) is 18.4 Å². The largest absolute Gasteiger partial charge is 0.503 e. The summed E-state index contributed by atoms with van der Waals surface area (Å²) in [4.78, 5) is 27.6. The third-order valence-corrected chi connectivity index (χ3v) is 5.59. The number of hydrogen-bond acceptors (Lipinski definition) is 6. The lowest BCUT2D eigenvalue weighted by molar-refractivity contribution is -0.130. The fourth-order valence-electron chi connectivity index (χ4n) is 3.80. The number of aliphatic hydroxyl groups excluding tert-OH is 1. The summed E-state index contributed by atoms with van der Waals surface area (Å²) in [7, 11) is 3.07. The van der Waals surface area contributed by atoms with Gasteiger partial charge in [-0.2, -0.15) is 0 Å². The molecule has 0 fully saturated rings. The maximum Gasteiger partial charge on any atom is 0.290 e. The van der Waals surface area contributed by atoms with Crippen LogP contribution in [0.3, 0.4) is 0 Å². The topological polar surface area (TPSA) is 85.3 Å². The van der Waals surface area contributed by atoms with Gasteiger partial charge in [0.25, 0.3) is 5.91 Å². The molecule has 1 heterocycles. The summed E-state index contributed by atoms with van der Waals surface area (Å²) < 4.78 is 16.5. The minimum absolute atomic E-state index is 0.0231. The number of amides is 1. The lowest BCUT2D eigenvalue weighted by atomic mass is 9.95. The molecule has 180 valence electrons. The lowest BCUT2D eigenvalue weighted by Crippen LogP contribution is -2.33. The second-order valence-corrected chi connectivity index (χ2v) is 7.88. The number of hydrogen-bond donors (Lipinski definition) is 1. The van der Waals surface area contributed by atoms with E-state index in [9.17, 15) is 14.7 Å². The molecule has 0 aliphatic carbocycles. The molecule has 1 unspecified atom stereocenters. The highest BCUT2D eigenvalue weighted by atomic mass is 16.5. The van der Waals surface area contributed by atoms with Gasteiger partial charge < -0.3 is 24.2 Å². The number of unbranched alkanes of at least 4 members (excludes halogenated alkanes) is 1. The van der Waals surface area contributed by atoms with Gasteiger partial charge in [-0.3, -0.25) is 9.59 Å². The van der Waals surface area contributed by atoms with E-state index in [4.69, 9.17) is 14.2 Å². The Morgan fingerprint density at radius 3 is 2.53 bits per heavy atom. The average Bonchev–Trinajstić information content (AvgIpc) is 3.11. The Balaban J connectivity index is 1.98. The van der Waals surface area contributed by atoms with E-state index >= 15 is 0 Å². The maximum absolute atomic E-state index is 13.2. The number of aliphatic hydroxyl groups is 1. The zero-order chi connectivity index (χ0) is 24.5. The smallest absolute Gasteiger partial charge is 0.290 e. The Morgan fingerprint density at radius 1 is 1.09 bits per heavy atom. The summed E-state index contributed by atoms with van der Waals surface area (Å²) in [5.74, 6) is -0.531. The van der Waals surface area contributed by atoms with Crippen molar-refractivity contribution in [2.45, 2.75) is 25.8 Å². The Bertz CT molecular complexity index is 1060. The van der Waals surface area contributed by atoms with Gasteiger partial charge in [-0.25, -0.2) is 0 Å². The first-order chi connectivity index (χ1) is 16.5. The molecule has 0 aromatic heterocycles. The fraction of sp³-hybridized carbons (Fsp3) is 0.333. The lowest BCUT2D eigenvalue weighted by Gasteiger charge is -2.27. The molecule has 0 bridgehead atoms. The van der Waals surface area contributed by atoms with Crippen molar-refractivity contribution in [1.82, 2.24) is 4.90 Å². The number of carbonyl (C=O) groups excluding carboxylic acids is 2. The van der Waals surface area contributed by atoms with Gasteiger partial charge in [0.2, 0.25) is 0 Å². The molecule has 0 spiro atoms. The molecule has 1 amide bonds. The molecule has 1 aliphatic rings. The summed E-state index contributed by atoms with van der Waals surface area (Å²) in [5.41, 5.74) is 1.49. The summed E-state index contributed by atoms with van der Waals surface area (Å²) in [6.45, 7) is 3.11. The van der Waals surface area contributed by atoms with Crippen LogP contribution in [0.15, 0.2) is 65.9 Å². The van der Waals surface area contributed by atoms with Crippen molar-refractivity contribution in [3.05, 3.63) is 77.1 Å². The molecule has 0 saturated carbocycles. The number of carbonyl (C=O) groups is 2. The summed E-state index contributed by atoms with van der Waals surface area (Å²) >= 11 is 0. The van der Waals surface area contributed by atoms with Gasteiger partial charge in [-0.15, -0.1) is 0 Å². The van der Waals surface area contributed by atoms with Crippen LogP contribution in [0, 0.1) is 0 Å². The van der Waals surface area contributed by atoms with Crippen LogP contribution in [0.5, 0.6) is 11.5 Å². The Morgan fingerprint density at radius 2 is 1.85 bits per heavy atom. The summed E-state index contributed by atoms with van der Waals surface area (Å²) in [5, 5.41) is 10.7. The maximum atomic E-state index is 13.2. The number of ketones is 1. The average molecular weight is 466 g/mol. The summed E-state index contributed by atoms with van der Waals surface area (Å²) in [6.07, 6.45) is 4.95. The minimum Gasteiger partial charge on any atom is -0.503 e. The highest BCUT2D eigenvalue weighted by molar-refractivity contribution is 6.14. The van der Waals surface area contributed by atoms with Crippen LogP contribution in [0.25, 0.3) is 6.08 Å². The SMILES string of the molecule is CCCCOc1ccc(C2C(C(=O)/C=C/c3ccccc3)=C(O)C(=O)N2CCOC)cc1OC. The first kappa shape index (κ1) is 25.1. The second-order valence-electron chi connectivity index (χ2n) is 7.88. The van der Waals surface area contributed by atoms with E-state index in [1.54, 1.807) is 24.3 Å². The van der Waals surface area contributed by atoms with Crippen LogP contribution in [0.4, 0.5) is 0 Å². The van der Waals surface area contributed by atoms with Gasteiger partial charge in [0.15, 0.2) is 23.0 Å². The first-order valence-electron chi connectivity index (χ1n) is 11.3. The molecule has 1 aliphatic heterocycles. The molecule has 1 atom stereocenters. The Kier molecular flexibility index (Phi) is 8.87. The molecule has 7 nitrogen and oxygen atoms in total. The van der Waals surface area contributed by atoms with Gasteiger partial charge in [0.05, 0.1) is 31.9 Å². The van der Waals surface area contributed by atoms with Gasteiger partial charge in [0.1, 0.15) is 0 Å². The number of allylic oxidation sites excluding steroid dienone is 1. The van der Waals surface area contributed by atoms with Gasteiger partial charge in [-0.05, 0) is 35.8 Å². The van der Waals surface area contributed by atoms with E-state index in [0.29, 0.717) is 23.7 Å². The zero-order valence-corrected chi connectivity index (χ0v) is 19.8. The van der Waals surface area contributed by atoms with Crippen LogP contribution < -0.4 is 9.47 Å². The van der Waals surface area contributed by atoms with Crippen molar-refractivity contribution in [2.24, 2.45) is 0 Å². The molecule has 0 saturated heterocycles. The molecular weight excluding hydrogens is 434 g/mol. The van der Waals surface area contributed by atoms with E-state index in [2.05, 4.69) is 6.92 Å². The van der Waals surface area contributed by atoms with Gasteiger partial charge in [0, 0.05) is 13.7 Å². The van der Waals surface area contributed by atoms with Crippen molar-refractivity contribution in [2.75, 3.05) is 34.0 Å². The number of methoxy groups -OCH3 is 2. The normalized spacial score (nSPS) is 15.9. The third-order valence-electron chi connectivity index (χ3n) is 5.59. The number of ether oxygens (including phenoxy) is 3. The van der Waals surface area contributed by atoms with Crippen LogP contribution in [-0.4, -0.2) is 55.7 Å². The van der Waals surface area contributed by atoms with E-state index in [-0.39, 0.29) is 18.7 Å². The number of nitrogens with zero attached hydrogens (tertiary/aromatic N) is 1. The molecule has 34 heavy (non-hydrogen) atoms. The van der Waals surface area contributed by atoms with Gasteiger partial charge in [-0.1, -0.05) is 55.8 Å². The molecule has 2 aromatic rings. The molecule has 0 radical (unpaired) electrons. The monoisotopic (exact) mass is 465 g/mol. The zero-order valence-electron chi connectivity index (χ0n) is 19.8. The van der Waals surface area contributed by atoms with Crippen LogP contribution >= 0.6 is 0 Å². The molecule has 7 heteroatoms. The molecule has 3 rings (SSSR count). The predicted octanol–water partition coefficient (Wildman–Crippen LogP) is 4.50. The van der Waals surface area contributed by atoms with Crippen LogP contribution in [0.2, 0.25) is 0 Å². The van der Waals surface area contributed by atoms with Crippen LogP contribution in [0.1, 0.15) is 36.9 Å². The Hall–Kier alpha value is -3.58. The second kappa shape index (κ2) is 12.0. The van der Waals surface area contributed by atoms with Gasteiger partial charge >= 0.3 is 0 Å². The standard InChI is InChI=1S/C27H31NO6/c1-4-5-16-34-22-14-12-20(18-23(22)33-3)25-24(26(30)27(31)28(25)15-17-32-2)21(29)13-11-19-9-7-6-8-10-19/h6-14,18,25,30H,4-5,15-17H2,1-3H3/b13-11+. The molecular formula is C27H31NO6. The highest BCUT2D eigenvalue weighted by Gasteiger charge is 2.42. The first-order valence-corrected chi connectivity index (χ1v) is 11.3. The van der Waals surface area contributed by atoms with Crippen molar-refractivity contribution in [3.8, 4) is 11.5 Å². The predicted molar refractivity (Wildman–Crippen MR) is 130 cm³/mol. The molecule has 1 N–H and O–H groups in total. The van der Waals surface area contributed by atoms with E-state index in [1.807, 2.05) is 30.3 Å². The minimum atomic E-state index is -0.783. The van der Waals surface area contributed by atoms with Crippen LogP contribution in [-0.2, 0) is 14.3 Å². The molecule has 2 aromatic carbocycles. The van der Waals surface area contributed by atoms with Crippen molar-refractivity contribution in [3.63, 3.8) is 0 Å². The van der Waals surface area contributed by atoms with E-state index in [1.165, 1.54) is 25.2 Å². The quantitative estimate of drug-likeness (QED) is 0.367. The van der Waals surface area contributed by atoms with E-state index < -0.39 is 23.5 Å². The van der Waals surface area contributed by atoms with Crippen molar-refractivity contribution in [1.29, 1.82) is 0 Å².